The molecule has 1 aromatic carbocycles. The van der Waals surface area contributed by atoms with E-state index in [1.54, 1.807) is 18.2 Å². The Bertz CT molecular complexity index is 563. The molecule has 0 aliphatic heterocycles. The number of nitrogens with two attached hydrogens (primary N) is 1. The Balaban J connectivity index is 2.44. The van der Waals surface area contributed by atoms with Gasteiger partial charge < -0.3 is 15.6 Å². The summed E-state index contributed by atoms with van der Waals surface area (Å²) in [6.07, 6.45) is 1.96. The highest BCUT2D eigenvalue weighted by atomic mass is 35.5. The SMILES string of the molecule is COc1nccnc1C(O)c1ccc(Cl)cc1N. The molecule has 0 radical (unpaired) electrons. The summed E-state index contributed by atoms with van der Waals surface area (Å²) >= 11 is 5.81. The van der Waals surface area contributed by atoms with Gasteiger partial charge in [-0.2, -0.15) is 0 Å². The lowest BCUT2D eigenvalue weighted by molar-refractivity contribution is 0.208. The fourth-order valence-corrected chi connectivity index (χ4v) is 1.80. The molecule has 0 amide bonds. The number of anilines is 1. The summed E-state index contributed by atoms with van der Waals surface area (Å²) in [4.78, 5) is 8.04. The molecule has 0 spiro atoms. The molecule has 2 aromatic rings. The van der Waals surface area contributed by atoms with E-state index in [0.717, 1.165) is 0 Å². The van der Waals surface area contributed by atoms with Crippen LogP contribution in [0, 0.1) is 0 Å². The number of benzene rings is 1. The lowest BCUT2D eigenvalue weighted by Crippen LogP contribution is -2.08. The van der Waals surface area contributed by atoms with E-state index < -0.39 is 6.10 Å². The van der Waals surface area contributed by atoms with Gasteiger partial charge in [-0.3, -0.25) is 4.98 Å². The molecule has 94 valence electrons. The Hall–Kier alpha value is -1.85. The van der Waals surface area contributed by atoms with E-state index >= 15 is 0 Å². The zero-order chi connectivity index (χ0) is 13.1. The van der Waals surface area contributed by atoms with Gasteiger partial charge in [-0.1, -0.05) is 17.7 Å². The normalized spacial score (nSPS) is 12.2. The van der Waals surface area contributed by atoms with Crippen LogP contribution in [0.1, 0.15) is 17.4 Å². The van der Waals surface area contributed by atoms with Gasteiger partial charge in [0.25, 0.3) is 0 Å². The van der Waals surface area contributed by atoms with Crippen molar-refractivity contribution in [3.05, 3.63) is 46.9 Å². The van der Waals surface area contributed by atoms with Gasteiger partial charge in [-0.25, -0.2) is 4.98 Å². The van der Waals surface area contributed by atoms with Gasteiger partial charge in [0.2, 0.25) is 5.88 Å². The number of aliphatic hydroxyl groups excluding tert-OH is 1. The van der Waals surface area contributed by atoms with Crippen LogP contribution in [-0.4, -0.2) is 22.2 Å². The van der Waals surface area contributed by atoms with Crippen molar-refractivity contribution >= 4 is 17.3 Å². The minimum atomic E-state index is -1.01. The van der Waals surface area contributed by atoms with Crippen LogP contribution in [0.25, 0.3) is 0 Å². The third-order valence-corrected chi connectivity index (χ3v) is 2.72. The topological polar surface area (TPSA) is 81.3 Å². The Morgan fingerprint density at radius 1 is 1.33 bits per heavy atom. The van der Waals surface area contributed by atoms with Gasteiger partial charge in [-0.15, -0.1) is 0 Å². The molecule has 0 fully saturated rings. The summed E-state index contributed by atoms with van der Waals surface area (Å²) in [6, 6.07) is 4.87. The molecule has 1 atom stereocenters. The van der Waals surface area contributed by atoms with Crippen LogP contribution >= 0.6 is 11.6 Å². The Kier molecular flexibility index (Phi) is 3.64. The second kappa shape index (κ2) is 5.20. The molecule has 1 heterocycles. The number of halogens is 1. The van der Waals surface area contributed by atoms with Crippen molar-refractivity contribution in [3.63, 3.8) is 0 Å². The number of ether oxygens (including phenoxy) is 1. The number of nitrogens with zero attached hydrogens (tertiary/aromatic N) is 2. The molecular weight excluding hydrogens is 254 g/mol. The largest absolute Gasteiger partial charge is 0.480 e. The maximum atomic E-state index is 10.3. The fraction of sp³-hybridized carbons (Fsp3) is 0.167. The summed E-state index contributed by atoms with van der Waals surface area (Å²) in [7, 11) is 1.46. The predicted octanol–water partition coefficient (Wildman–Crippen LogP) is 1.80. The monoisotopic (exact) mass is 265 g/mol. The molecular formula is C12H12ClN3O2. The average Bonchev–Trinajstić information content (AvgIpc) is 2.38. The third-order valence-electron chi connectivity index (χ3n) is 2.49. The summed E-state index contributed by atoms with van der Waals surface area (Å²) in [6.45, 7) is 0. The van der Waals surface area contributed by atoms with Gasteiger partial charge in [0.1, 0.15) is 11.8 Å². The van der Waals surface area contributed by atoms with Crippen molar-refractivity contribution < 1.29 is 9.84 Å². The number of nitrogen functional groups attached to an aromatic ring is 1. The molecule has 18 heavy (non-hydrogen) atoms. The fourth-order valence-electron chi connectivity index (χ4n) is 1.62. The van der Waals surface area contributed by atoms with Crippen LogP contribution < -0.4 is 10.5 Å². The van der Waals surface area contributed by atoms with Crippen LogP contribution in [0.2, 0.25) is 5.02 Å². The first-order valence-corrected chi connectivity index (χ1v) is 5.59. The lowest BCUT2D eigenvalue weighted by Gasteiger charge is -2.14. The first kappa shape index (κ1) is 12.6. The molecule has 0 bridgehead atoms. The second-order valence-electron chi connectivity index (χ2n) is 3.63. The van der Waals surface area contributed by atoms with E-state index in [9.17, 15) is 5.11 Å². The highest BCUT2D eigenvalue weighted by molar-refractivity contribution is 6.30. The number of hydrogen-bond acceptors (Lipinski definition) is 5. The summed E-state index contributed by atoms with van der Waals surface area (Å²) in [5.41, 5.74) is 7.04. The second-order valence-corrected chi connectivity index (χ2v) is 4.06. The van der Waals surface area contributed by atoms with E-state index in [4.69, 9.17) is 22.1 Å². The smallest absolute Gasteiger partial charge is 0.238 e. The molecule has 0 aliphatic carbocycles. The summed E-state index contributed by atoms with van der Waals surface area (Å²) < 4.78 is 5.05. The Morgan fingerprint density at radius 2 is 2.06 bits per heavy atom. The molecule has 0 aliphatic rings. The van der Waals surface area contributed by atoms with Crippen molar-refractivity contribution in [3.8, 4) is 5.88 Å². The quantitative estimate of drug-likeness (QED) is 0.827. The number of aromatic nitrogens is 2. The van der Waals surface area contributed by atoms with Crippen molar-refractivity contribution in [1.29, 1.82) is 0 Å². The van der Waals surface area contributed by atoms with E-state index in [1.807, 2.05) is 0 Å². The third kappa shape index (κ3) is 2.37. The highest BCUT2D eigenvalue weighted by Crippen LogP contribution is 2.30. The van der Waals surface area contributed by atoms with Crippen molar-refractivity contribution in [2.75, 3.05) is 12.8 Å². The van der Waals surface area contributed by atoms with Crippen LogP contribution in [0.4, 0.5) is 5.69 Å². The van der Waals surface area contributed by atoms with Gasteiger partial charge in [0.05, 0.1) is 7.11 Å². The van der Waals surface area contributed by atoms with E-state index in [0.29, 0.717) is 22.0 Å². The molecule has 5 nitrogen and oxygen atoms in total. The van der Waals surface area contributed by atoms with Crippen molar-refractivity contribution in [2.45, 2.75) is 6.10 Å². The van der Waals surface area contributed by atoms with Gasteiger partial charge in [-0.05, 0) is 12.1 Å². The first-order valence-electron chi connectivity index (χ1n) is 5.21. The molecule has 3 N–H and O–H groups in total. The Labute approximate surface area is 109 Å². The standard InChI is InChI=1S/C12H12ClN3O2/c1-18-12-10(15-4-5-16-12)11(17)8-3-2-7(13)6-9(8)14/h2-6,11,17H,14H2,1H3. The van der Waals surface area contributed by atoms with Crippen LogP contribution in [0.5, 0.6) is 5.88 Å². The first-order chi connectivity index (χ1) is 8.63. The van der Waals surface area contributed by atoms with Gasteiger partial charge >= 0.3 is 0 Å². The van der Waals surface area contributed by atoms with Crippen LogP contribution in [0.3, 0.4) is 0 Å². The highest BCUT2D eigenvalue weighted by Gasteiger charge is 2.20. The van der Waals surface area contributed by atoms with E-state index in [1.165, 1.54) is 19.5 Å². The van der Waals surface area contributed by atoms with Crippen molar-refractivity contribution in [2.24, 2.45) is 0 Å². The molecule has 0 saturated heterocycles. The van der Waals surface area contributed by atoms with E-state index in [-0.39, 0.29) is 5.88 Å². The maximum Gasteiger partial charge on any atom is 0.238 e. The minimum absolute atomic E-state index is 0.263. The number of aliphatic hydroxyl groups is 1. The maximum absolute atomic E-state index is 10.3. The van der Waals surface area contributed by atoms with E-state index in [2.05, 4.69) is 9.97 Å². The number of methoxy groups -OCH3 is 1. The summed E-state index contributed by atoms with van der Waals surface area (Å²) in [5, 5.41) is 10.8. The minimum Gasteiger partial charge on any atom is -0.480 e. The number of hydrogen-bond donors (Lipinski definition) is 2. The predicted molar refractivity (Wildman–Crippen MR) is 68.5 cm³/mol. The van der Waals surface area contributed by atoms with Crippen LogP contribution in [-0.2, 0) is 0 Å². The molecule has 1 unspecified atom stereocenters. The summed E-state index contributed by atoms with van der Waals surface area (Å²) in [5.74, 6) is 0.263. The van der Waals surface area contributed by atoms with Gasteiger partial charge in [0, 0.05) is 28.7 Å². The van der Waals surface area contributed by atoms with Crippen molar-refractivity contribution in [1.82, 2.24) is 9.97 Å². The lowest BCUT2D eigenvalue weighted by atomic mass is 10.0. The molecule has 0 saturated carbocycles. The van der Waals surface area contributed by atoms with Gasteiger partial charge in [0.15, 0.2) is 0 Å². The number of rotatable bonds is 3. The zero-order valence-corrected chi connectivity index (χ0v) is 10.4. The average molecular weight is 266 g/mol. The molecule has 6 heteroatoms. The molecule has 1 aromatic heterocycles. The molecule has 2 rings (SSSR count). The Morgan fingerprint density at radius 3 is 2.72 bits per heavy atom. The zero-order valence-electron chi connectivity index (χ0n) is 9.67. The van der Waals surface area contributed by atoms with Crippen LogP contribution in [0.15, 0.2) is 30.6 Å².